The van der Waals surface area contributed by atoms with Crippen molar-refractivity contribution in [3.05, 3.63) is 44.5 Å². The van der Waals surface area contributed by atoms with Crippen molar-refractivity contribution in [2.24, 2.45) is 0 Å². The van der Waals surface area contributed by atoms with Gasteiger partial charge in [-0.05, 0) is 24.8 Å². The molecule has 0 unspecified atom stereocenters. The summed E-state index contributed by atoms with van der Waals surface area (Å²) in [7, 11) is 0. The maximum Gasteiger partial charge on any atom is 0.337 e. The van der Waals surface area contributed by atoms with Crippen molar-refractivity contribution < 1.29 is 14.3 Å². The summed E-state index contributed by atoms with van der Waals surface area (Å²) in [5.74, 6) is -0.205. The minimum absolute atomic E-state index is 0.211. The van der Waals surface area contributed by atoms with Crippen molar-refractivity contribution in [3.63, 3.8) is 0 Å². The minimum Gasteiger partial charge on any atom is -0.463 e. The molecule has 162 valence electrons. The van der Waals surface area contributed by atoms with Gasteiger partial charge in [-0.15, -0.1) is 22.7 Å². The van der Waals surface area contributed by atoms with Gasteiger partial charge in [-0.1, -0.05) is 24.8 Å². The molecule has 1 aliphatic rings. The molecule has 11 heteroatoms. The van der Waals surface area contributed by atoms with E-state index in [0.717, 1.165) is 10.4 Å². The number of aromatic nitrogens is 2. The highest BCUT2D eigenvalue weighted by molar-refractivity contribution is 7.99. The SMILES string of the molecule is CCOC(=O)C1=C(CSc2nc3scc(-c4cccs4)c3c(=O)[nH]2)NC(=O)N[C@H]1CC. The summed E-state index contributed by atoms with van der Waals surface area (Å²) in [5, 5.41) is 10.4. The molecule has 8 nitrogen and oxygen atoms in total. The van der Waals surface area contributed by atoms with Crippen molar-refractivity contribution in [1.82, 2.24) is 20.6 Å². The van der Waals surface area contributed by atoms with E-state index in [9.17, 15) is 14.4 Å². The van der Waals surface area contributed by atoms with Crippen molar-refractivity contribution in [2.45, 2.75) is 31.5 Å². The normalized spacial score (nSPS) is 16.3. The van der Waals surface area contributed by atoms with Gasteiger partial charge < -0.3 is 20.4 Å². The number of aromatic amines is 1. The van der Waals surface area contributed by atoms with E-state index >= 15 is 0 Å². The number of nitrogens with zero attached hydrogens (tertiary/aromatic N) is 1. The molecule has 3 N–H and O–H groups in total. The molecule has 31 heavy (non-hydrogen) atoms. The Labute approximate surface area is 190 Å². The first-order chi connectivity index (χ1) is 15.0. The van der Waals surface area contributed by atoms with Crippen LogP contribution in [0.25, 0.3) is 20.7 Å². The lowest BCUT2D eigenvalue weighted by Crippen LogP contribution is -2.50. The van der Waals surface area contributed by atoms with Gasteiger partial charge in [0, 0.05) is 27.3 Å². The molecule has 2 amide bonds. The summed E-state index contributed by atoms with van der Waals surface area (Å²) >= 11 is 4.24. The summed E-state index contributed by atoms with van der Waals surface area (Å²) in [4.78, 5) is 46.4. The van der Waals surface area contributed by atoms with Crippen LogP contribution in [0.1, 0.15) is 20.3 Å². The molecule has 0 aliphatic carbocycles. The van der Waals surface area contributed by atoms with E-state index in [1.165, 1.54) is 23.1 Å². The molecule has 0 bridgehead atoms. The minimum atomic E-state index is -0.465. The van der Waals surface area contributed by atoms with Crippen LogP contribution in [0.15, 0.2) is 44.1 Å². The van der Waals surface area contributed by atoms with Gasteiger partial charge in [-0.2, -0.15) is 0 Å². The lowest BCUT2D eigenvalue weighted by molar-refractivity contribution is -0.139. The van der Waals surface area contributed by atoms with Crippen molar-refractivity contribution in [2.75, 3.05) is 12.4 Å². The Kier molecular flexibility index (Phi) is 6.44. The van der Waals surface area contributed by atoms with E-state index in [-0.39, 0.29) is 24.0 Å². The zero-order chi connectivity index (χ0) is 22.0. The second kappa shape index (κ2) is 9.25. The number of amides is 2. The van der Waals surface area contributed by atoms with Crippen LogP contribution in [-0.4, -0.2) is 40.4 Å². The summed E-state index contributed by atoms with van der Waals surface area (Å²) < 4.78 is 5.18. The zero-order valence-electron chi connectivity index (χ0n) is 16.8. The highest BCUT2D eigenvalue weighted by Crippen LogP contribution is 2.34. The number of hydrogen-bond donors (Lipinski definition) is 3. The van der Waals surface area contributed by atoms with Gasteiger partial charge in [0.2, 0.25) is 0 Å². The first-order valence-corrected chi connectivity index (χ1v) is 12.4. The number of carbonyl (C=O) groups is 2. The Bertz CT molecular complexity index is 1210. The molecule has 3 aromatic rings. The van der Waals surface area contributed by atoms with E-state index in [0.29, 0.717) is 33.1 Å². The Morgan fingerprint density at radius 1 is 1.29 bits per heavy atom. The number of hydrogen-bond acceptors (Lipinski definition) is 8. The van der Waals surface area contributed by atoms with Gasteiger partial charge in [0.1, 0.15) is 4.83 Å². The number of esters is 1. The fourth-order valence-electron chi connectivity index (χ4n) is 3.33. The molecule has 0 spiro atoms. The van der Waals surface area contributed by atoms with Crippen LogP contribution in [-0.2, 0) is 9.53 Å². The Morgan fingerprint density at radius 2 is 2.13 bits per heavy atom. The molecule has 0 fully saturated rings. The first-order valence-electron chi connectivity index (χ1n) is 9.67. The van der Waals surface area contributed by atoms with Crippen LogP contribution in [0, 0.1) is 0 Å². The Morgan fingerprint density at radius 3 is 2.84 bits per heavy atom. The van der Waals surface area contributed by atoms with E-state index in [1.54, 1.807) is 18.3 Å². The van der Waals surface area contributed by atoms with Crippen molar-refractivity contribution in [3.8, 4) is 10.4 Å². The number of ether oxygens (including phenoxy) is 1. The van der Waals surface area contributed by atoms with Crippen LogP contribution < -0.4 is 16.2 Å². The summed E-state index contributed by atoms with van der Waals surface area (Å²) in [5.41, 5.74) is 1.53. The van der Waals surface area contributed by atoms with E-state index in [4.69, 9.17) is 4.74 Å². The molecular formula is C20H20N4O4S3. The summed E-state index contributed by atoms with van der Waals surface area (Å²) in [6, 6.07) is 3.12. The predicted octanol–water partition coefficient (Wildman–Crippen LogP) is 3.71. The van der Waals surface area contributed by atoms with Crippen molar-refractivity contribution in [1.29, 1.82) is 0 Å². The topological polar surface area (TPSA) is 113 Å². The fourth-order valence-corrected chi connectivity index (χ4v) is 5.98. The number of rotatable bonds is 7. The highest BCUT2D eigenvalue weighted by Gasteiger charge is 2.31. The van der Waals surface area contributed by atoms with Gasteiger partial charge in [0.15, 0.2) is 5.16 Å². The van der Waals surface area contributed by atoms with E-state index < -0.39 is 12.0 Å². The number of thiophene rings is 2. The third-order valence-corrected chi connectivity index (χ3v) is 7.38. The van der Waals surface area contributed by atoms with Crippen LogP contribution >= 0.6 is 34.4 Å². The molecule has 0 saturated carbocycles. The smallest absolute Gasteiger partial charge is 0.337 e. The van der Waals surface area contributed by atoms with Crippen LogP contribution in [0.4, 0.5) is 4.79 Å². The molecule has 0 saturated heterocycles. The first kappa shape index (κ1) is 21.6. The molecule has 4 heterocycles. The second-order valence-electron chi connectivity index (χ2n) is 6.64. The van der Waals surface area contributed by atoms with E-state index in [1.807, 2.05) is 29.8 Å². The quantitative estimate of drug-likeness (QED) is 0.272. The van der Waals surface area contributed by atoms with Crippen LogP contribution in [0.2, 0.25) is 0 Å². The average molecular weight is 477 g/mol. The molecule has 0 aromatic carbocycles. The molecular weight excluding hydrogens is 456 g/mol. The number of carbonyl (C=O) groups excluding carboxylic acids is 2. The molecule has 1 atom stereocenters. The molecule has 3 aromatic heterocycles. The van der Waals surface area contributed by atoms with E-state index in [2.05, 4.69) is 20.6 Å². The number of urea groups is 1. The second-order valence-corrected chi connectivity index (χ2v) is 9.41. The third kappa shape index (κ3) is 4.39. The maximum absolute atomic E-state index is 12.8. The predicted molar refractivity (Wildman–Crippen MR) is 124 cm³/mol. The number of thioether (sulfide) groups is 1. The number of nitrogens with one attached hydrogen (secondary N) is 3. The lowest BCUT2D eigenvalue weighted by atomic mass is 10.0. The lowest BCUT2D eigenvalue weighted by Gasteiger charge is -2.28. The molecule has 0 radical (unpaired) electrons. The van der Waals surface area contributed by atoms with Gasteiger partial charge in [-0.3, -0.25) is 4.79 Å². The standard InChI is InChI=1S/C20H20N4O4S3/c1-3-11-15(18(26)28-4-2)12(22-19(27)21-11)9-31-20-23-16(25)14-10(8-30-17(14)24-20)13-6-5-7-29-13/h5-8,11H,3-4,9H2,1-2H3,(H2,21,22,27)(H,23,24,25)/t11-/m0/s1. The van der Waals surface area contributed by atoms with Crippen LogP contribution in [0.3, 0.4) is 0 Å². The molecule has 4 rings (SSSR count). The van der Waals surface area contributed by atoms with Crippen molar-refractivity contribution >= 4 is 56.7 Å². The third-order valence-electron chi connectivity index (χ3n) is 4.71. The largest absolute Gasteiger partial charge is 0.463 e. The number of fused-ring (bicyclic) bond motifs is 1. The number of H-pyrrole nitrogens is 1. The Hall–Kier alpha value is -2.63. The monoisotopic (exact) mass is 476 g/mol. The van der Waals surface area contributed by atoms with Gasteiger partial charge in [0.05, 0.1) is 23.6 Å². The summed E-state index contributed by atoms with van der Waals surface area (Å²) in [6.07, 6.45) is 0.553. The van der Waals surface area contributed by atoms with Crippen LogP contribution in [0.5, 0.6) is 0 Å². The molecule has 1 aliphatic heterocycles. The van der Waals surface area contributed by atoms with Gasteiger partial charge in [0.25, 0.3) is 5.56 Å². The van der Waals surface area contributed by atoms with Gasteiger partial charge in [-0.25, -0.2) is 14.6 Å². The summed E-state index contributed by atoms with van der Waals surface area (Å²) in [6.45, 7) is 3.86. The average Bonchev–Trinajstić information content (AvgIpc) is 3.41. The fraction of sp³-hybridized carbons (Fsp3) is 0.300. The Balaban J connectivity index is 1.63. The maximum atomic E-state index is 12.8. The van der Waals surface area contributed by atoms with Gasteiger partial charge >= 0.3 is 12.0 Å². The zero-order valence-corrected chi connectivity index (χ0v) is 19.3. The highest BCUT2D eigenvalue weighted by atomic mass is 32.2.